The molecule has 6 nitrogen and oxygen atoms in total. The smallest absolute Gasteiger partial charge is 0.224 e. The molecule has 1 aliphatic heterocycles. The second-order valence-corrected chi connectivity index (χ2v) is 6.73. The number of nitrogens with two attached hydrogens (primary N) is 1. The molecule has 1 aromatic carbocycles. The number of hydrogen-bond acceptors (Lipinski definition) is 4. The van der Waals surface area contributed by atoms with E-state index in [1.807, 2.05) is 24.3 Å². The molecule has 0 saturated carbocycles. The molecule has 1 aliphatic rings. The lowest BCUT2D eigenvalue weighted by molar-refractivity contribution is -0.135. The van der Waals surface area contributed by atoms with Crippen LogP contribution in [0.15, 0.2) is 24.3 Å². The summed E-state index contributed by atoms with van der Waals surface area (Å²) in [5.74, 6) is -0.299. The Balaban J connectivity index is 1.82. The molecular weight excluding hydrogens is 330 g/mol. The normalized spacial score (nSPS) is 17.0. The lowest BCUT2D eigenvalue weighted by Gasteiger charge is -2.32. The summed E-state index contributed by atoms with van der Waals surface area (Å²) in [6.45, 7) is 4.00. The summed E-state index contributed by atoms with van der Waals surface area (Å²) in [4.78, 5) is 38.5. The van der Waals surface area contributed by atoms with E-state index in [-0.39, 0.29) is 36.4 Å². The minimum absolute atomic E-state index is 0.0183. The van der Waals surface area contributed by atoms with Crippen LogP contribution in [0.5, 0.6) is 0 Å². The Kier molecular flexibility index (Phi) is 7.78. The maximum atomic E-state index is 12.4. The van der Waals surface area contributed by atoms with Crippen LogP contribution >= 0.6 is 0 Å². The number of Topliss-reactive ketones (excluding diaryl/α,β-unsaturated/α-hetero) is 1. The molecule has 1 atom stereocenters. The van der Waals surface area contributed by atoms with E-state index >= 15 is 0 Å². The average Bonchev–Trinajstić information content (AvgIpc) is 2.70. The number of nitrogens with one attached hydrogen (secondary N) is 1. The van der Waals surface area contributed by atoms with Crippen molar-refractivity contribution in [2.45, 2.75) is 39.0 Å². The van der Waals surface area contributed by atoms with E-state index in [9.17, 15) is 14.4 Å². The first-order chi connectivity index (χ1) is 12.5. The van der Waals surface area contributed by atoms with Crippen molar-refractivity contribution in [3.05, 3.63) is 35.4 Å². The summed E-state index contributed by atoms with van der Waals surface area (Å²) in [6, 6.07) is 7.54. The molecule has 1 aromatic rings. The van der Waals surface area contributed by atoms with Gasteiger partial charge in [0, 0.05) is 44.6 Å². The van der Waals surface area contributed by atoms with Gasteiger partial charge in [0.1, 0.15) is 0 Å². The number of aryl methyl sites for hydroxylation is 1. The van der Waals surface area contributed by atoms with Crippen LogP contribution in [-0.2, 0) is 16.0 Å². The minimum atomic E-state index is -0.184. The zero-order chi connectivity index (χ0) is 18.9. The number of likely N-dealkylation sites (tertiary alicyclic amines) is 1. The van der Waals surface area contributed by atoms with Crippen LogP contribution in [0.1, 0.15) is 48.5 Å². The molecule has 2 amide bonds. The molecule has 1 heterocycles. The molecule has 3 N–H and O–H groups in total. The van der Waals surface area contributed by atoms with Crippen molar-refractivity contribution in [1.29, 1.82) is 0 Å². The second kappa shape index (κ2) is 10.1. The predicted molar refractivity (Wildman–Crippen MR) is 101 cm³/mol. The minimum Gasteiger partial charge on any atom is -0.355 e. The monoisotopic (exact) mass is 359 g/mol. The zero-order valence-electron chi connectivity index (χ0n) is 15.5. The van der Waals surface area contributed by atoms with Gasteiger partial charge in [-0.05, 0) is 24.8 Å². The molecule has 1 unspecified atom stereocenters. The number of nitrogens with zero attached hydrogens (tertiary/aromatic N) is 1. The topological polar surface area (TPSA) is 92.5 Å². The summed E-state index contributed by atoms with van der Waals surface area (Å²) in [5, 5.41) is 2.79. The fraction of sp³-hybridized carbons (Fsp3) is 0.550. The Hall–Kier alpha value is -2.21. The van der Waals surface area contributed by atoms with E-state index in [0.29, 0.717) is 31.7 Å². The van der Waals surface area contributed by atoms with Crippen molar-refractivity contribution >= 4 is 17.6 Å². The molecule has 142 valence electrons. The highest BCUT2D eigenvalue weighted by atomic mass is 16.2. The number of rotatable bonds is 8. The van der Waals surface area contributed by atoms with E-state index in [1.165, 1.54) is 5.56 Å². The highest BCUT2D eigenvalue weighted by Gasteiger charge is 2.28. The van der Waals surface area contributed by atoms with Gasteiger partial charge in [0.05, 0.1) is 5.92 Å². The van der Waals surface area contributed by atoms with Crippen molar-refractivity contribution < 1.29 is 14.4 Å². The fourth-order valence-corrected chi connectivity index (χ4v) is 3.21. The van der Waals surface area contributed by atoms with Gasteiger partial charge in [-0.25, -0.2) is 0 Å². The van der Waals surface area contributed by atoms with Gasteiger partial charge in [-0.3, -0.25) is 14.4 Å². The third kappa shape index (κ3) is 5.66. The maximum absolute atomic E-state index is 12.4. The van der Waals surface area contributed by atoms with Gasteiger partial charge in [0.25, 0.3) is 0 Å². The lowest BCUT2D eigenvalue weighted by atomic mass is 9.96. The summed E-state index contributed by atoms with van der Waals surface area (Å²) in [6.07, 6.45) is 2.90. The molecule has 0 aliphatic carbocycles. The van der Waals surface area contributed by atoms with Crippen LogP contribution < -0.4 is 11.1 Å². The van der Waals surface area contributed by atoms with Gasteiger partial charge in [-0.1, -0.05) is 31.2 Å². The third-order valence-corrected chi connectivity index (χ3v) is 4.84. The van der Waals surface area contributed by atoms with Crippen molar-refractivity contribution in [3.63, 3.8) is 0 Å². The number of amides is 2. The van der Waals surface area contributed by atoms with Gasteiger partial charge in [0.2, 0.25) is 11.8 Å². The van der Waals surface area contributed by atoms with E-state index in [0.717, 1.165) is 19.3 Å². The molecule has 6 heteroatoms. The second-order valence-electron chi connectivity index (χ2n) is 6.73. The summed E-state index contributed by atoms with van der Waals surface area (Å²) in [7, 11) is 0. The molecule has 1 fully saturated rings. The van der Waals surface area contributed by atoms with Crippen LogP contribution in [0.4, 0.5) is 0 Å². The van der Waals surface area contributed by atoms with Crippen LogP contribution in [0.25, 0.3) is 0 Å². The average molecular weight is 359 g/mol. The predicted octanol–water partition coefficient (Wildman–Crippen LogP) is 1.53. The summed E-state index contributed by atoms with van der Waals surface area (Å²) < 4.78 is 0. The molecule has 0 aromatic heterocycles. The van der Waals surface area contributed by atoms with Crippen molar-refractivity contribution in [2.24, 2.45) is 11.7 Å². The number of benzene rings is 1. The fourth-order valence-electron chi connectivity index (χ4n) is 3.21. The van der Waals surface area contributed by atoms with Crippen LogP contribution in [0.3, 0.4) is 0 Å². The maximum Gasteiger partial charge on any atom is 0.224 e. The Bertz CT molecular complexity index is 628. The summed E-state index contributed by atoms with van der Waals surface area (Å²) >= 11 is 0. The van der Waals surface area contributed by atoms with Gasteiger partial charge < -0.3 is 16.0 Å². The number of carbonyl (C=O) groups excluding carboxylic acids is 3. The Morgan fingerprint density at radius 1 is 1.19 bits per heavy atom. The first-order valence-corrected chi connectivity index (χ1v) is 9.42. The first kappa shape index (κ1) is 20.1. The van der Waals surface area contributed by atoms with Gasteiger partial charge in [-0.15, -0.1) is 0 Å². The molecule has 0 radical (unpaired) electrons. The van der Waals surface area contributed by atoms with E-state index in [1.54, 1.807) is 4.90 Å². The van der Waals surface area contributed by atoms with E-state index in [4.69, 9.17) is 5.73 Å². The number of hydrogen-bond donors (Lipinski definition) is 2. The quantitative estimate of drug-likeness (QED) is 0.689. The van der Waals surface area contributed by atoms with Crippen LogP contribution in [0.2, 0.25) is 0 Å². The van der Waals surface area contributed by atoms with Crippen LogP contribution in [0, 0.1) is 5.92 Å². The van der Waals surface area contributed by atoms with Crippen molar-refractivity contribution in [3.8, 4) is 0 Å². The number of carbonyl (C=O) groups is 3. The summed E-state index contributed by atoms with van der Waals surface area (Å²) in [5.41, 5.74) is 7.23. The number of ketones is 1. The van der Waals surface area contributed by atoms with E-state index in [2.05, 4.69) is 12.2 Å². The molecule has 1 saturated heterocycles. The molecule has 26 heavy (non-hydrogen) atoms. The molecular formula is C20H29N3O3. The van der Waals surface area contributed by atoms with Crippen molar-refractivity contribution in [1.82, 2.24) is 10.2 Å². The van der Waals surface area contributed by atoms with E-state index < -0.39 is 0 Å². The third-order valence-electron chi connectivity index (χ3n) is 4.84. The van der Waals surface area contributed by atoms with Crippen molar-refractivity contribution in [2.75, 3.05) is 26.2 Å². The van der Waals surface area contributed by atoms with Gasteiger partial charge in [0.15, 0.2) is 5.78 Å². The Morgan fingerprint density at radius 2 is 1.92 bits per heavy atom. The molecule has 0 spiro atoms. The SMILES string of the molecule is CCc1ccc(C(=O)CCC(=O)N2CCCC(C(=O)NCCN)C2)cc1. The Morgan fingerprint density at radius 3 is 2.58 bits per heavy atom. The van der Waals surface area contributed by atoms with Crippen LogP contribution in [-0.4, -0.2) is 48.7 Å². The lowest BCUT2D eigenvalue weighted by Crippen LogP contribution is -2.46. The number of piperidine rings is 1. The standard InChI is InChI=1S/C20H29N3O3/c1-2-15-5-7-16(8-6-15)18(24)9-10-19(25)23-13-3-4-17(14-23)20(26)22-12-11-21/h5-8,17H,2-4,9-14,21H2,1H3,(H,22,26). The highest BCUT2D eigenvalue weighted by Crippen LogP contribution is 2.18. The first-order valence-electron chi connectivity index (χ1n) is 9.42. The largest absolute Gasteiger partial charge is 0.355 e. The molecule has 2 rings (SSSR count). The zero-order valence-corrected chi connectivity index (χ0v) is 15.5. The molecule has 0 bridgehead atoms. The van der Waals surface area contributed by atoms with Gasteiger partial charge in [-0.2, -0.15) is 0 Å². The Labute approximate surface area is 155 Å². The van der Waals surface area contributed by atoms with Gasteiger partial charge >= 0.3 is 0 Å². The highest BCUT2D eigenvalue weighted by molar-refractivity contribution is 5.98.